The second-order valence-electron chi connectivity index (χ2n) is 11.2. The molecule has 2 aliphatic heterocycles. The first kappa shape index (κ1) is 26.9. The fraction of sp³-hybridized carbons (Fsp3) is 0.419. The Morgan fingerprint density at radius 2 is 1.97 bits per heavy atom. The van der Waals surface area contributed by atoms with E-state index in [9.17, 15) is 14.0 Å². The summed E-state index contributed by atoms with van der Waals surface area (Å²) in [6.45, 7) is 7.57. The number of halogens is 1. The van der Waals surface area contributed by atoms with Crippen molar-refractivity contribution in [1.82, 2.24) is 10.2 Å². The van der Waals surface area contributed by atoms with Crippen molar-refractivity contribution in [2.75, 3.05) is 19.7 Å². The predicted octanol–water partition coefficient (Wildman–Crippen LogP) is 5.43. The van der Waals surface area contributed by atoms with Crippen LogP contribution in [0.2, 0.25) is 0 Å². The minimum atomic E-state index is -0.579. The molecule has 0 spiro atoms. The van der Waals surface area contributed by atoms with Crippen molar-refractivity contribution in [2.24, 2.45) is 5.41 Å². The van der Waals surface area contributed by atoms with Crippen molar-refractivity contribution in [3.63, 3.8) is 0 Å². The lowest BCUT2D eigenvalue weighted by atomic mass is 9.85. The van der Waals surface area contributed by atoms with Crippen molar-refractivity contribution >= 4 is 11.8 Å². The molecule has 1 N–H and O–H groups in total. The number of hydrogen-bond acceptors (Lipinski definition) is 5. The van der Waals surface area contributed by atoms with Gasteiger partial charge in [-0.1, -0.05) is 39.0 Å². The fourth-order valence-electron chi connectivity index (χ4n) is 5.20. The zero-order chi connectivity index (χ0) is 27.6. The highest BCUT2D eigenvalue weighted by atomic mass is 19.1. The minimum absolute atomic E-state index is 0.00891. The number of carbonyl (C=O) groups excluding carboxylic acids is 2. The first-order chi connectivity index (χ1) is 18.7. The van der Waals surface area contributed by atoms with Gasteiger partial charge in [0.1, 0.15) is 23.9 Å². The smallest absolute Gasteiger partial charge is 0.287 e. The van der Waals surface area contributed by atoms with Crippen molar-refractivity contribution in [2.45, 2.75) is 58.8 Å². The number of nitrogens with one attached hydrogen (secondary N) is 1. The van der Waals surface area contributed by atoms with Crippen LogP contribution in [0, 0.1) is 11.2 Å². The molecule has 1 saturated heterocycles. The molecule has 0 radical (unpaired) electrons. The topological polar surface area (TPSA) is 81.0 Å². The van der Waals surface area contributed by atoms with Crippen LogP contribution in [0.3, 0.4) is 0 Å². The van der Waals surface area contributed by atoms with Gasteiger partial charge in [-0.05, 0) is 72.4 Å². The van der Waals surface area contributed by atoms with Gasteiger partial charge in [0, 0.05) is 25.1 Å². The molecule has 1 aromatic heterocycles. The number of fused-ring (bicyclic) bond motifs is 1. The van der Waals surface area contributed by atoms with Crippen LogP contribution >= 0.6 is 0 Å². The summed E-state index contributed by atoms with van der Waals surface area (Å²) < 4.78 is 31.6. The van der Waals surface area contributed by atoms with Crippen molar-refractivity contribution in [3.8, 4) is 5.75 Å². The molecular weight excluding hydrogens is 499 g/mol. The third-order valence-corrected chi connectivity index (χ3v) is 7.19. The van der Waals surface area contributed by atoms with E-state index in [0.717, 1.165) is 36.1 Å². The molecule has 5 rings (SSSR count). The zero-order valence-corrected chi connectivity index (χ0v) is 22.7. The Bertz CT molecular complexity index is 1340. The van der Waals surface area contributed by atoms with Crippen LogP contribution in [-0.4, -0.2) is 42.5 Å². The lowest BCUT2D eigenvalue weighted by Gasteiger charge is -2.41. The predicted molar refractivity (Wildman–Crippen MR) is 144 cm³/mol. The molecule has 7 nitrogen and oxygen atoms in total. The van der Waals surface area contributed by atoms with Gasteiger partial charge in [0.25, 0.3) is 5.91 Å². The second-order valence-corrected chi connectivity index (χ2v) is 11.2. The normalized spacial score (nSPS) is 19.0. The van der Waals surface area contributed by atoms with Gasteiger partial charge in [-0.25, -0.2) is 4.39 Å². The molecule has 39 heavy (non-hydrogen) atoms. The number of nitrogens with zero attached hydrogens (tertiary/aromatic N) is 1. The van der Waals surface area contributed by atoms with Crippen LogP contribution in [0.15, 0.2) is 59.0 Å². The van der Waals surface area contributed by atoms with Gasteiger partial charge >= 0.3 is 0 Å². The van der Waals surface area contributed by atoms with E-state index in [4.69, 9.17) is 13.9 Å². The number of rotatable bonds is 7. The van der Waals surface area contributed by atoms with E-state index in [1.807, 2.05) is 49.9 Å². The van der Waals surface area contributed by atoms with Crippen LogP contribution in [0.1, 0.15) is 72.7 Å². The average Bonchev–Trinajstić information content (AvgIpc) is 3.61. The molecule has 1 fully saturated rings. The molecule has 0 unspecified atom stereocenters. The number of furan rings is 1. The molecule has 2 aromatic carbocycles. The monoisotopic (exact) mass is 534 g/mol. The SMILES string of the molecule is CC(C)(C)C(=O)N1CCc2ccc(OCc3ccc(C(=O)NC[C@H]4CCCO4)o3)cc2[C@@H]1c1cccc(F)c1. The lowest BCUT2D eigenvalue weighted by Crippen LogP contribution is -2.45. The minimum Gasteiger partial charge on any atom is -0.486 e. The summed E-state index contributed by atoms with van der Waals surface area (Å²) in [5.41, 5.74) is 2.15. The van der Waals surface area contributed by atoms with Gasteiger partial charge in [-0.15, -0.1) is 0 Å². The summed E-state index contributed by atoms with van der Waals surface area (Å²) >= 11 is 0. The zero-order valence-electron chi connectivity index (χ0n) is 22.7. The van der Waals surface area contributed by atoms with E-state index in [-0.39, 0.29) is 36.1 Å². The molecule has 0 aliphatic carbocycles. The van der Waals surface area contributed by atoms with Gasteiger partial charge in [0.15, 0.2) is 5.76 Å². The lowest BCUT2D eigenvalue weighted by molar-refractivity contribution is -0.141. The number of hydrogen-bond donors (Lipinski definition) is 1. The molecule has 3 aromatic rings. The Hall–Kier alpha value is -3.65. The summed E-state index contributed by atoms with van der Waals surface area (Å²) in [4.78, 5) is 27.7. The van der Waals surface area contributed by atoms with Crippen LogP contribution in [0.25, 0.3) is 0 Å². The summed E-state index contributed by atoms with van der Waals surface area (Å²) in [5, 5.41) is 2.85. The van der Waals surface area contributed by atoms with Crippen LogP contribution in [0.4, 0.5) is 4.39 Å². The summed E-state index contributed by atoms with van der Waals surface area (Å²) in [6, 6.07) is 15.2. The van der Waals surface area contributed by atoms with Gasteiger partial charge < -0.3 is 24.1 Å². The van der Waals surface area contributed by atoms with Crippen LogP contribution < -0.4 is 10.1 Å². The summed E-state index contributed by atoms with van der Waals surface area (Å²) in [5.74, 6) is 0.715. The number of ether oxygens (including phenoxy) is 2. The quantitative estimate of drug-likeness (QED) is 0.437. The molecule has 2 atom stereocenters. The summed E-state index contributed by atoms with van der Waals surface area (Å²) in [6.07, 6.45) is 2.72. The van der Waals surface area contributed by atoms with Gasteiger partial charge in [-0.2, -0.15) is 0 Å². The maximum absolute atomic E-state index is 14.3. The molecule has 2 aliphatic rings. The van der Waals surface area contributed by atoms with E-state index < -0.39 is 11.5 Å². The Morgan fingerprint density at radius 3 is 2.72 bits per heavy atom. The third kappa shape index (κ3) is 6.17. The average molecular weight is 535 g/mol. The largest absolute Gasteiger partial charge is 0.486 e. The first-order valence-corrected chi connectivity index (χ1v) is 13.5. The Kier molecular flexibility index (Phi) is 7.75. The standard InChI is InChI=1S/C31H35FN2O5/c1-31(2,3)30(36)34-14-13-20-9-10-23(17-26(20)28(34)21-6-4-7-22(32)16-21)38-19-25-11-12-27(39-25)29(35)33-18-24-8-5-15-37-24/h4,6-7,9-12,16-17,24,28H,5,8,13-15,18-19H2,1-3H3,(H,33,35)/t24-,28+/m1/s1. The molecule has 0 bridgehead atoms. The van der Waals surface area contributed by atoms with Crippen molar-refractivity contribution in [3.05, 3.63) is 88.6 Å². The first-order valence-electron chi connectivity index (χ1n) is 13.5. The van der Waals surface area contributed by atoms with E-state index in [0.29, 0.717) is 31.0 Å². The highest BCUT2D eigenvalue weighted by Gasteiger charge is 2.37. The van der Waals surface area contributed by atoms with E-state index in [2.05, 4.69) is 5.32 Å². The highest BCUT2D eigenvalue weighted by Crippen LogP contribution is 2.39. The maximum Gasteiger partial charge on any atom is 0.287 e. The molecule has 8 heteroatoms. The fourth-order valence-corrected chi connectivity index (χ4v) is 5.20. The molecular formula is C31H35FN2O5. The Morgan fingerprint density at radius 1 is 1.13 bits per heavy atom. The molecule has 0 saturated carbocycles. The van der Waals surface area contributed by atoms with Gasteiger partial charge in [-0.3, -0.25) is 9.59 Å². The molecule has 3 heterocycles. The van der Waals surface area contributed by atoms with E-state index in [1.54, 1.807) is 18.2 Å². The van der Waals surface area contributed by atoms with Crippen LogP contribution in [0.5, 0.6) is 5.75 Å². The molecule has 206 valence electrons. The summed E-state index contributed by atoms with van der Waals surface area (Å²) in [7, 11) is 0. The van der Waals surface area contributed by atoms with E-state index in [1.165, 1.54) is 12.1 Å². The number of carbonyl (C=O) groups is 2. The van der Waals surface area contributed by atoms with Gasteiger partial charge in [0.2, 0.25) is 5.91 Å². The second kappa shape index (κ2) is 11.2. The Balaban J connectivity index is 1.32. The number of benzene rings is 2. The molecule has 2 amide bonds. The third-order valence-electron chi connectivity index (χ3n) is 7.19. The van der Waals surface area contributed by atoms with E-state index >= 15 is 0 Å². The van der Waals surface area contributed by atoms with Crippen molar-refractivity contribution < 1.29 is 27.9 Å². The van der Waals surface area contributed by atoms with Crippen molar-refractivity contribution in [1.29, 1.82) is 0 Å². The maximum atomic E-state index is 14.3. The van der Waals surface area contributed by atoms with Gasteiger partial charge in [0.05, 0.1) is 12.1 Å². The highest BCUT2D eigenvalue weighted by molar-refractivity contribution is 5.91. The Labute approximate surface area is 228 Å². The number of amides is 2. The van der Waals surface area contributed by atoms with Crippen LogP contribution in [-0.2, 0) is 22.6 Å².